The molecule has 8 aliphatic heterocycles. The first kappa shape index (κ1) is 93.7. The van der Waals surface area contributed by atoms with Gasteiger partial charge in [-0.05, 0) is 154 Å². The van der Waals surface area contributed by atoms with Crippen LogP contribution in [0.2, 0.25) is 5.02 Å². The molecule has 37 nitrogen and oxygen atoms in total. The van der Waals surface area contributed by atoms with Crippen LogP contribution in [0.1, 0.15) is 162 Å². The van der Waals surface area contributed by atoms with Gasteiger partial charge in [-0.15, -0.1) is 0 Å². The number of nitrogens with zero attached hydrogens (tertiary/aromatic N) is 1. The first-order valence-corrected chi connectivity index (χ1v) is 41.7. The van der Waals surface area contributed by atoms with E-state index in [1.807, 2.05) is 38.1 Å². The lowest BCUT2D eigenvalue weighted by Gasteiger charge is -2.47. The van der Waals surface area contributed by atoms with Crippen molar-refractivity contribution in [2.45, 2.75) is 240 Å². The Hall–Kier alpha value is -10.4. The van der Waals surface area contributed by atoms with Gasteiger partial charge in [0, 0.05) is 55.2 Å². The molecule has 38 heteroatoms. The van der Waals surface area contributed by atoms with Crippen molar-refractivity contribution in [3.8, 4) is 57.1 Å². The van der Waals surface area contributed by atoms with Crippen molar-refractivity contribution < 1.29 is 122 Å². The molecule has 125 heavy (non-hydrogen) atoms. The number of aliphatic hydroxyl groups is 6. The topological polar surface area (TPSA) is 570 Å². The van der Waals surface area contributed by atoms with E-state index < -0.39 is 256 Å². The number of phenols is 3. The molecular weight excluding hydrogens is 1650 g/mol. The number of primary amides is 1. The first-order valence-electron chi connectivity index (χ1n) is 41.3. The quantitative estimate of drug-likeness (QED) is 0.0464. The van der Waals surface area contributed by atoms with E-state index in [1.165, 1.54) is 90.3 Å². The van der Waals surface area contributed by atoms with Crippen molar-refractivity contribution in [1.29, 1.82) is 0 Å². The lowest BCUT2D eigenvalue weighted by Crippen LogP contribution is -2.64. The van der Waals surface area contributed by atoms with Gasteiger partial charge in [0.25, 0.3) is 0 Å². The van der Waals surface area contributed by atoms with Gasteiger partial charge in [-0.3, -0.25) is 43.3 Å². The highest BCUT2D eigenvalue weighted by molar-refractivity contribution is 6.32. The number of carbonyl (C=O) groups is 8. The zero-order valence-electron chi connectivity index (χ0n) is 70.6. The molecule has 14 rings (SSSR count). The number of rotatable bonds is 22. The number of amides is 8. The molecule has 6 aromatic carbocycles. The fourth-order valence-corrected chi connectivity index (χ4v) is 16.8. The van der Waals surface area contributed by atoms with Gasteiger partial charge in [-0.25, -0.2) is 0 Å². The normalized spacial score (nSPS) is 29.8. The second kappa shape index (κ2) is 39.2. The molecule has 6 aromatic rings. The zero-order chi connectivity index (χ0) is 90.7. The summed E-state index contributed by atoms with van der Waals surface area (Å²) in [6, 6.07) is 9.59. The number of unbranched alkanes of at least 4 members (excludes halogenated alkanes) is 1. The molecule has 9 bridgehead atoms. The van der Waals surface area contributed by atoms with Crippen LogP contribution in [0.4, 0.5) is 0 Å². The highest BCUT2D eigenvalue weighted by Gasteiger charge is 2.53. The number of hydrogen-bond donors (Lipinski definition) is 20. The number of ether oxygens (including phenoxy) is 8. The Labute approximate surface area is 725 Å². The van der Waals surface area contributed by atoms with Gasteiger partial charge < -0.3 is 144 Å². The third-order valence-corrected chi connectivity index (χ3v) is 23.6. The number of hydrogen-bond acceptors (Lipinski definition) is 29. The van der Waals surface area contributed by atoms with Crippen LogP contribution in [-0.2, 0) is 81.6 Å². The summed E-state index contributed by atoms with van der Waals surface area (Å²) in [4.78, 5) is 126. The number of carbonyl (C=O) groups excluding carboxylic acids is 8. The van der Waals surface area contributed by atoms with E-state index in [9.17, 15) is 55.5 Å². The number of aryl methyl sites for hydroxylation is 1. The predicted octanol–water partition coefficient (Wildman–Crippen LogP) is 2.33. The number of phenolic OH excluding ortho intramolecular Hbond substituents is 3. The molecule has 8 amide bonds. The lowest BCUT2D eigenvalue weighted by atomic mass is 9.85. The van der Waals surface area contributed by atoms with E-state index in [0.29, 0.717) is 0 Å². The molecular formula is C87H111ClN12O25. The van der Waals surface area contributed by atoms with Crippen LogP contribution in [-0.4, -0.2) is 229 Å². The number of aromatic hydroxyl groups is 3. The third kappa shape index (κ3) is 20.8. The maximum atomic E-state index is 16.9. The van der Waals surface area contributed by atoms with Gasteiger partial charge in [0.2, 0.25) is 59.3 Å². The second-order valence-electron chi connectivity index (χ2n) is 33.7. The van der Waals surface area contributed by atoms with E-state index in [2.05, 4.69) is 49.5 Å². The molecule has 0 radical (unpaired) electrons. The lowest BCUT2D eigenvalue weighted by molar-refractivity contribution is -0.333. The number of halogens is 1. The van der Waals surface area contributed by atoms with Gasteiger partial charge in [0.15, 0.2) is 30.2 Å². The molecule has 3 saturated heterocycles. The standard InChI is InChI=1S/C87H111ClN12O25/c1-11-12-14-41-17-19-42(20-18-41)35-100(10)36-49-54(103)31-48-63(70(49)106)62-47(15-13-16-53(62)102)65-82(115)99-68(84(117)97-66(48)80(113)93-9)73(123-60-33-86(6,90)76(109)39(4)118-60)43-21-24-46(25-22-43)120-56-29-45-30-57(74(56)125-85-75(72(108)71(107)58(37-101)122-85)124-61-34-87(7,91)77(110)40(5)119-61)121-55-26-23-44(28-50(55)88)69(105)67(98-78(111)51(92-8)27-38(2)3)83(116)94-52(32-59(89)104)79(112)95-64(45)81(114)96-65/h13,15-26,28-31,38-40,51-52,58,60-61,64-69,71-73,75-77,85,92,101-103,105-110H,11-12,14,27,32-37,90-91H2,1-10H3,(H2,89,104)(H,93,113)(H,94,116)(H,95,112)(H,96,114)(H,97,117)(H,98,111)(H,99,115). The molecule has 23 N–H and O–H groups in total. The number of nitrogens with one attached hydrogen (secondary N) is 8. The Bertz CT molecular complexity index is 4970. The van der Waals surface area contributed by atoms with E-state index in [0.717, 1.165) is 60.7 Å². The molecule has 0 aliphatic carbocycles. The fraction of sp³-hybridized carbons (Fsp3) is 0.494. The minimum Gasteiger partial charge on any atom is -0.507 e. The van der Waals surface area contributed by atoms with E-state index >= 15 is 28.8 Å². The van der Waals surface area contributed by atoms with Crippen molar-refractivity contribution in [3.63, 3.8) is 0 Å². The molecule has 3 fully saturated rings. The molecule has 0 saturated carbocycles. The highest BCUT2D eigenvalue weighted by Crippen LogP contribution is 2.52. The smallest absolute Gasteiger partial charge is 0.248 e. The molecule has 22 unspecified atom stereocenters. The van der Waals surface area contributed by atoms with Crippen LogP contribution < -0.4 is 73.9 Å². The van der Waals surface area contributed by atoms with Crippen molar-refractivity contribution in [2.24, 2.45) is 23.1 Å². The molecule has 0 aromatic heterocycles. The van der Waals surface area contributed by atoms with Crippen LogP contribution in [0.15, 0.2) is 103 Å². The number of fused-ring (bicyclic) bond motifs is 14. The summed E-state index contributed by atoms with van der Waals surface area (Å²) in [5, 5.41) is 129. The number of benzene rings is 6. The summed E-state index contributed by atoms with van der Waals surface area (Å²) < 4.78 is 52.5. The van der Waals surface area contributed by atoms with E-state index in [-0.39, 0.29) is 71.5 Å². The van der Waals surface area contributed by atoms with Gasteiger partial charge in [0.1, 0.15) is 95.5 Å². The summed E-state index contributed by atoms with van der Waals surface area (Å²) in [7, 11) is 4.41. The maximum absolute atomic E-state index is 16.9. The van der Waals surface area contributed by atoms with Crippen LogP contribution in [0, 0.1) is 5.92 Å². The first-order chi connectivity index (χ1) is 59.2. The minimum atomic E-state index is -2.40. The second-order valence-corrected chi connectivity index (χ2v) is 34.1. The monoisotopic (exact) mass is 1760 g/mol. The van der Waals surface area contributed by atoms with Gasteiger partial charge in [0.05, 0.1) is 54.1 Å². The highest BCUT2D eigenvalue weighted by atomic mass is 35.5. The summed E-state index contributed by atoms with van der Waals surface area (Å²) in [6.07, 6.45) is -19.6. The van der Waals surface area contributed by atoms with E-state index in [4.69, 9.17) is 66.7 Å². The summed E-state index contributed by atoms with van der Waals surface area (Å²) >= 11 is 7.23. The fourth-order valence-electron chi connectivity index (χ4n) is 16.5. The molecule has 0 spiro atoms. The maximum Gasteiger partial charge on any atom is 0.248 e. The Morgan fingerprint density at radius 1 is 0.672 bits per heavy atom. The zero-order valence-corrected chi connectivity index (χ0v) is 71.4. The van der Waals surface area contributed by atoms with Gasteiger partial charge >= 0.3 is 0 Å². The Balaban J connectivity index is 1.13. The molecule has 8 heterocycles. The summed E-state index contributed by atoms with van der Waals surface area (Å²) in [5.74, 6) is -14.5. The predicted molar refractivity (Wildman–Crippen MR) is 447 cm³/mol. The van der Waals surface area contributed by atoms with Gasteiger partial charge in [-0.1, -0.05) is 93.4 Å². The Kier molecular flexibility index (Phi) is 29.4. The summed E-state index contributed by atoms with van der Waals surface area (Å²) in [6.45, 7) is 10.8. The van der Waals surface area contributed by atoms with E-state index in [1.54, 1.807) is 11.9 Å². The SMILES string of the molecule is CCCCc1ccc(CN(C)Cc2c(O)cc3c(c2O)-c2c(O)cccc2C2NC(=O)C4NC(=O)C(CC(N)=O)NC(=O)C(NC(=O)C(CC(C)C)NC)C(O)c5ccc(c(Cl)c5)Oc5cc4cc(c5OC4OC(CO)C(O)C(O)C4OC4CC(C)(N)C(O)C(C)O4)Oc4ccc(cc4)C(OC4CC(C)(N)C(O)C(C)O4)C(NC2=O)C(=O)NC3C(=O)NC)cc1. The largest absolute Gasteiger partial charge is 0.507 e. The minimum absolute atomic E-state index is 0.000561. The van der Waals surface area contributed by atoms with Crippen molar-refractivity contribution in [1.82, 2.24) is 47.4 Å². The molecule has 22 atom stereocenters. The van der Waals surface area contributed by atoms with Crippen LogP contribution in [0.5, 0.6) is 46.0 Å². The average Bonchev–Trinajstić information content (AvgIpc) is 1.71. The summed E-state index contributed by atoms with van der Waals surface area (Å²) in [5.41, 5.74) is 15.7. The van der Waals surface area contributed by atoms with Crippen LogP contribution >= 0.6 is 11.6 Å². The Morgan fingerprint density at radius 2 is 1.30 bits per heavy atom. The van der Waals surface area contributed by atoms with Crippen molar-refractivity contribution in [3.05, 3.63) is 153 Å². The van der Waals surface area contributed by atoms with Gasteiger partial charge in [-0.2, -0.15) is 0 Å². The number of aliphatic hydroxyl groups excluding tert-OH is 6. The molecule has 676 valence electrons. The van der Waals surface area contributed by atoms with Crippen molar-refractivity contribution >= 4 is 58.9 Å². The van der Waals surface area contributed by atoms with Crippen LogP contribution in [0.3, 0.4) is 0 Å². The third-order valence-electron chi connectivity index (χ3n) is 23.3. The molecule has 8 aliphatic rings. The van der Waals surface area contributed by atoms with Crippen LogP contribution in [0.25, 0.3) is 11.1 Å². The van der Waals surface area contributed by atoms with Crippen molar-refractivity contribution in [2.75, 3.05) is 27.7 Å². The number of likely N-dealkylation sites (N-methyl/N-ethyl adjacent to an activating group) is 2. The average molecular weight is 1760 g/mol. The Morgan fingerprint density at radius 3 is 1.90 bits per heavy atom. The number of nitrogens with two attached hydrogens (primary N) is 3.